The van der Waals surface area contributed by atoms with Crippen molar-refractivity contribution in [3.8, 4) is 0 Å². The zero-order valence-electron chi connectivity index (χ0n) is 14.1. The van der Waals surface area contributed by atoms with Crippen molar-refractivity contribution in [2.75, 3.05) is 19.6 Å². The Morgan fingerprint density at radius 2 is 2.30 bits per heavy atom. The largest absolute Gasteiger partial charge is 0.339 e. The van der Waals surface area contributed by atoms with Gasteiger partial charge in [0.05, 0.1) is 5.92 Å². The molecule has 0 bridgehead atoms. The minimum atomic E-state index is 0.381. The molecule has 5 heteroatoms. The van der Waals surface area contributed by atoms with Crippen LogP contribution in [0.15, 0.2) is 29.0 Å². The Hall–Kier alpha value is -1.75. The molecule has 1 aliphatic heterocycles. The van der Waals surface area contributed by atoms with Crippen molar-refractivity contribution in [3.63, 3.8) is 0 Å². The smallest absolute Gasteiger partial charge is 0.231 e. The fourth-order valence-electron chi connectivity index (χ4n) is 3.17. The second kappa shape index (κ2) is 7.68. The molecule has 1 aliphatic rings. The Morgan fingerprint density at radius 3 is 3.09 bits per heavy atom. The summed E-state index contributed by atoms with van der Waals surface area (Å²) in [5.41, 5.74) is 1.30. The molecule has 3 heterocycles. The van der Waals surface area contributed by atoms with Gasteiger partial charge in [-0.15, -0.1) is 0 Å². The van der Waals surface area contributed by atoms with Crippen LogP contribution < -0.4 is 0 Å². The highest BCUT2D eigenvalue weighted by Crippen LogP contribution is 2.26. The Morgan fingerprint density at radius 1 is 1.39 bits per heavy atom. The normalized spacial score (nSPS) is 19.3. The molecule has 0 spiro atoms. The van der Waals surface area contributed by atoms with Crippen LogP contribution in [0.5, 0.6) is 0 Å². The SMILES string of the molecule is CC(C)Cc1noc(C2CCCN(CCc3cccnc3)C2)n1. The first kappa shape index (κ1) is 16.1. The van der Waals surface area contributed by atoms with Gasteiger partial charge in [0, 0.05) is 31.9 Å². The van der Waals surface area contributed by atoms with E-state index in [1.54, 1.807) is 0 Å². The fraction of sp³-hybridized carbons (Fsp3) is 0.611. The average Bonchev–Trinajstić information content (AvgIpc) is 3.02. The summed E-state index contributed by atoms with van der Waals surface area (Å²) in [7, 11) is 0. The van der Waals surface area contributed by atoms with Crippen LogP contribution in [0.4, 0.5) is 0 Å². The van der Waals surface area contributed by atoms with Crippen LogP contribution in [0.1, 0.15) is 49.9 Å². The van der Waals surface area contributed by atoms with E-state index in [-0.39, 0.29) is 0 Å². The van der Waals surface area contributed by atoms with Crippen molar-refractivity contribution in [1.29, 1.82) is 0 Å². The van der Waals surface area contributed by atoms with Gasteiger partial charge in [0.15, 0.2) is 5.82 Å². The Labute approximate surface area is 138 Å². The van der Waals surface area contributed by atoms with Crippen molar-refractivity contribution < 1.29 is 4.52 Å². The van der Waals surface area contributed by atoms with Crippen molar-refractivity contribution >= 4 is 0 Å². The van der Waals surface area contributed by atoms with Gasteiger partial charge in [-0.2, -0.15) is 4.98 Å². The quantitative estimate of drug-likeness (QED) is 0.820. The number of aromatic nitrogens is 3. The lowest BCUT2D eigenvalue weighted by molar-refractivity contribution is 0.188. The van der Waals surface area contributed by atoms with Gasteiger partial charge in [-0.05, 0) is 43.4 Å². The van der Waals surface area contributed by atoms with Crippen LogP contribution >= 0.6 is 0 Å². The molecule has 23 heavy (non-hydrogen) atoms. The second-order valence-corrected chi connectivity index (χ2v) is 6.90. The molecule has 2 aromatic heterocycles. The van der Waals surface area contributed by atoms with Crippen molar-refractivity contribution in [2.24, 2.45) is 5.92 Å². The number of hydrogen-bond acceptors (Lipinski definition) is 5. The predicted octanol–water partition coefficient (Wildman–Crippen LogP) is 3.09. The topological polar surface area (TPSA) is 55.1 Å². The van der Waals surface area contributed by atoms with E-state index in [0.717, 1.165) is 50.6 Å². The van der Waals surface area contributed by atoms with Gasteiger partial charge in [0.1, 0.15) is 0 Å². The third-order valence-corrected chi connectivity index (χ3v) is 4.37. The van der Waals surface area contributed by atoms with E-state index in [1.165, 1.54) is 12.0 Å². The summed E-state index contributed by atoms with van der Waals surface area (Å²) >= 11 is 0. The maximum atomic E-state index is 5.52. The Kier molecular flexibility index (Phi) is 5.39. The summed E-state index contributed by atoms with van der Waals surface area (Å²) in [6.07, 6.45) is 8.05. The van der Waals surface area contributed by atoms with Gasteiger partial charge in [-0.25, -0.2) is 0 Å². The van der Waals surface area contributed by atoms with Crippen molar-refractivity contribution in [1.82, 2.24) is 20.0 Å². The summed E-state index contributed by atoms with van der Waals surface area (Å²) < 4.78 is 5.52. The van der Waals surface area contributed by atoms with Gasteiger partial charge >= 0.3 is 0 Å². The van der Waals surface area contributed by atoms with Crippen molar-refractivity contribution in [2.45, 2.75) is 45.4 Å². The molecule has 0 amide bonds. The van der Waals surface area contributed by atoms with E-state index in [4.69, 9.17) is 4.52 Å². The first-order valence-electron chi connectivity index (χ1n) is 8.64. The number of nitrogens with zero attached hydrogens (tertiary/aromatic N) is 4. The van der Waals surface area contributed by atoms with Gasteiger partial charge in [-0.3, -0.25) is 4.98 Å². The van der Waals surface area contributed by atoms with Crippen LogP contribution in [0.25, 0.3) is 0 Å². The molecular formula is C18H26N4O. The molecule has 1 atom stereocenters. The summed E-state index contributed by atoms with van der Waals surface area (Å²) in [6.45, 7) is 7.59. The first-order valence-corrected chi connectivity index (χ1v) is 8.64. The molecular weight excluding hydrogens is 288 g/mol. The second-order valence-electron chi connectivity index (χ2n) is 6.90. The fourth-order valence-corrected chi connectivity index (χ4v) is 3.17. The van der Waals surface area contributed by atoms with Gasteiger partial charge < -0.3 is 9.42 Å². The molecule has 124 valence electrons. The summed E-state index contributed by atoms with van der Waals surface area (Å²) in [4.78, 5) is 11.3. The van der Waals surface area contributed by atoms with E-state index in [0.29, 0.717) is 11.8 Å². The minimum absolute atomic E-state index is 0.381. The third kappa shape index (κ3) is 4.61. The maximum absolute atomic E-state index is 5.52. The molecule has 3 rings (SSSR count). The highest BCUT2D eigenvalue weighted by molar-refractivity contribution is 5.09. The molecule has 0 saturated carbocycles. The van der Waals surface area contributed by atoms with Crippen LogP contribution in [0.2, 0.25) is 0 Å². The number of hydrogen-bond donors (Lipinski definition) is 0. The Balaban J connectivity index is 1.54. The molecule has 5 nitrogen and oxygen atoms in total. The molecule has 0 aliphatic carbocycles. The predicted molar refractivity (Wildman–Crippen MR) is 89.2 cm³/mol. The zero-order chi connectivity index (χ0) is 16.1. The average molecular weight is 314 g/mol. The van der Waals surface area contributed by atoms with Crippen LogP contribution in [0.3, 0.4) is 0 Å². The molecule has 1 fully saturated rings. The maximum Gasteiger partial charge on any atom is 0.231 e. The first-order chi connectivity index (χ1) is 11.2. The van der Waals surface area contributed by atoms with E-state index in [2.05, 4.69) is 39.9 Å². The summed E-state index contributed by atoms with van der Waals surface area (Å²) in [5.74, 6) is 2.61. The molecule has 1 unspecified atom stereocenters. The molecule has 0 radical (unpaired) electrons. The van der Waals surface area contributed by atoms with E-state index in [9.17, 15) is 0 Å². The summed E-state index contributed by atoms with van der Waals surface area (Å²) in [5, 5.41) is 4.14. The highest BCUT2D eigenvalue weighted by Gasteiger charge is 2.25. The third-order valence-electron chi connectivity index (χ3n) is 4.37. The molecule has 0 N–H and O–H groups in total. The highest BCUT2D eigenvalue weighted by atomic mass is 16.5. The number of pyridine rings is 1. The lowest BCUT2D eigenvalue weighted by Crippen LogP contribution is -2.35. The standard InChI is InChI=1S/C18H26N4O/c1-14(2)11-17-20-18(23-21-17)16-6-4-9-22(13-16)10-7-15-5-3-8-19-12-15/h3,5,8,12,14,16H,4,6-7,9-11,13H2,1-2H3. The lowest BCUT2D eigenvalue weighted by atomic mass is 9.97. The number of likely N-dealkylation sites (tertiary alicyclic amines) is 1. The molecule has 0 aromatic carbocycles. The van der Waals surface area contributed by atoms with Crippen LogP contribution in [0, 0.1) is 5.92 Å². The van der Waals surface area contributed by atoms with E-state index >= 15 is 0 Å². The monoisotopic (exact) mass is 314 g/mol. The number of piperidine rings is 1. The lowest BCUT2D eigenvalue weighted by Gasteiger charge is -2.30. The number of rotatable bonds is 6. The van der Waals surface area contributed by atoms with E-state index < -0.39 is 0 Å². The van der Waals surface area contributed by atoms with Gasteiger partial charge in [-0.1, -0.05) is 25.1 Å². The van der Waals surface area contributed by atoms with Gasteiger partial charge in [0.2, 0.25) is 5.89 Å². The Bertz CT molecular complexity index is 596. The van der Waals surface area contributed by atoms with Gasteiger partial charge in [0.25, 0.3) is 0 Å². The van der Waals surface area contributed by atoms with E-state index in [1.807, 2.05) is 18.5 Å². The minimum Gasteiger partial charge on any atom is -0.339 e. The van der Waals surface area contributed by atoms with Crippen molar-refractivity contribution in [3.05, 3.63) is 41.8 Å². The van der Waals surface area contributed by atoms with Crippen LogP contribution in [-0.4, -0.2) is 39.7 Å². The molecule has 2 aromatic rings. The zero-order valence-corrected chi connectivity index (χ0v) is 14.1. The van der Waals surface area contributed by atoms with Crippen LogP contribution in [-0.2, 0) is 12.8 Å². The summed E-state index contributed by atoms with van der Waals surface area (Å²) in [6, 6.07) is 4.15. The molecule has 1 saturated heterocycles.